The van der Waals surface area contributed by atoms with E-state index in [0.717, 1.165) is 38.3 Å². The first-order chi connectivity index (χ1) is 18.7. The lowest BCUT2D eigenvalue weighted by molar-refractivity contribution is -0.137. The molecular weight excluding hydrogens is 505 g/mol. The van der Waals surface area contributed by atoms with Crippen molar-refractivity contribution in [3.8, 4) is 11.8 Å². The first-order valence-electron chi connectivity index (χ1n) is 12.5. The van der Waals surface area contributed by atoms with Gasteiger partial charge >= 0.3 is 6.18 Å². The molecule has 0 saturated carbocycles. The molecule has 0 atom stereocenters. The highest BCUT2D eigenvalue weighted by Crippen LogP contribution is 2.32. The van der Waals surface area contributed by atoms with Crippen molar-refractivity contribution in [2.75, 3.05) is 38.5 Å². The Morgan fingerprint density at radius 1 is 1.05 bits per heavy atom. The number of nitrogens with one attached hydrogen (secondary N) is 1. The van der Waals surface area contributed by atoms with E-state index in [1.807, 2.05) is 7.05 Å². The van der Waals surface area contributed by atoms with Crippen molar-refractivity contribution in [2.24, 2.45) is 0 Å². The average Bonchev–Trinajstić information content (AvgIpc) is 3.32. The number of amides is 1. The number of rotatable bonds is 4. The lowest BCUT2D eigenvalue weighted by Gasteiger charge is -2.32. The van der Waals surface area contributed by atoms with Gasteiger partial charge in [0.1, 0.15) is 5.69 Å². The summed E-state index contributed by atoms with van der Waals surface area (Å²) < 4.78 is 42.9. The molecule has 39 heavy (non-hydrogen) atoms. The molecule has 1 aliphatic rings. The molecule has 1 N–H and O–H groups in total. The summed E-state index contributed by atoms with van der Waals surface area (Å²) in [6, 6.07) is 8.95. The highest BCUT2D eigenvalue weighted by molar-refractivity contribution is 6.05. The predicted molar refractivity (Wildman–Crippen MR) is 142 cm³/mol. The van der Waals surface area contributed by atoms with Crippen LogP contribution in [0.4, 0.5) is 18.9 Å². The first-order valence-corrected chi connectivity index (χ1v) is 12.5. The Bertz CT molecular complexity index is 1580. The Labute approximate surface area is 224 Å². The summed E-state index contributed by atoms with van der Waals surface area (Å²) in [6.07, 6.45) is 2.13. The molecule has 0 aliphatic carbocycles. The maximum absolute atomic E-state index is 13.7. The zero-order chi connectivity index (χ0) is 27.6. The van der Waals surface area contributed by atoms with Crippen molar-refractivity contribution in [3.05, 3.63) is 94.7 Å². The number of anilines is 1. The summed E-state index contributed by atoms with van der Waals surface area (Å²) in [5.74, 6) is 5.60. The molecule has 1 aliphatic heterocycles. The van der Waals surface area contributed by atoms with E-state index in [4.69, 9.17) is 0 Å². The van der Waals surface area contributed by atoms with E-state index in [1.54, 1.807) is 60.4 Å². The molecule has 4 aromatic rings. The van der Waals surface area contributed by atoms with E-state index in [-0.39, 0.29) is 5.69 Å². The summed E-state index contributed by atoms with van der Waals surface area (Å²) in [4.78, 5) is 25.8. The second-order valence-corrected chi connectivity index (χ2v) is 9.68. The average molecular weight is 533 g/mol. The molecule has 10 heteroatoms. The fraction of sp³-hybridized carbons (Fsp3) is 0.276. The van der Waals surface area contributed by atoms with Gasteiger partial charge < -0.3 is 10.2 Å². The van der Waals surface area contributed by atoms with Crippen LogP contribution in [0.25, 0.3) is 5.65 Å². The van der Waals surface area contributed by atoms with E-state index < -0.39 is 17.6 Å². The van der Waals surface area contributed by atoms with Gasteiger partial charge in [-0.3, -0.25) is 19.1 Å². The number of likely N-dealkylation sites (N-methyl/N-ethyl adjacent to an activating group) is 1. The van der Waals surface area contributed by atoms with E-state index in [2.05, 4.69) is 36.9 Å². The van der Waals surface area contributed by atoms with Crippen molar-refractivity contribution >= 4 is 17.2 Å². The molecular formula is C29H27F3N6O. The molecule has 0 radical (unpaired) electrons. The highest BCUT2D eigenvalue weighted by atomic mass is 19.4. The first kappa shape index (κ1) is 26.4. The number of carbonyl (C=O) groups excluding carboxylic acids is 1. The number of fused-ring (bicyclic) bond motifs is 1. The molecule has 0 bridgehead atoms. The zero-order valence-corrected chi connectivity index (χ0v) is 21.6. The van der Waals surface area contributed by atoms with Gasteiger partial charge in [-0.1, -0.05) is 12.0 Å². The van der Waals surface area contributed by atoms with E-state index in [0.29, 0.717) is 40.1 Å². The number of hydrogen-bond acceptors (Lipinski definition) is 5. The number of carbonyl (C=O) groups is 1. The van der Waals surface area contributed by atoms with Crippen LogP contribution in [0, 0.1) is 18.8 Å². The molecule has 0 unspecified atom stereocenters. The number of nitrogens with zero attached hydrogens (tertiary/aromatic N) is 5. The minimum Gasteiger partial charge on any atom is -0.322 e. The van der Waals surface area contributed by atoms with Gasteiger partial charge in [0.15, 0.2) is 5.65 Å². The maximum Gasteiger partial charge on any atom is 0.416 e. The smallest absolute Gasteiger partial charge is 0.322 e. The molecule has 2 aromatic heterocycles. The van der Waals surface area contributed by atoms with Gasteiger partial charge in [0.25, 0.3) is 5.91 Å². The zero-order valence-electron chi connectivity index (χ0n) is 21.6. The summed E-state index contributed by atoms with van der Waals surface area (Å²) in [5.41, 5.74) is 2.76. The lowest BCUT2D eigenvalue weighted by Crippen LogP contribution is -2.43. The van der Waals surface area contributed by atoms with E-state index >= 15 is 0 Å². The Kier molecular flexibility index (Phi) is 7.37. The Morgan fingerprint density at radius 3 is 2.62 bits per heavy atom. The minimum absolute atomic E-state index is 0.106. The van der Waals surface area contributed by atoms with Crippen molar-refractivity contribution in [1.82, 2.24) is 24.2 Å². The number of halogens is 3. The van der Waals surface area contributed by atoms with Crippen LogP contribution in [0.5, 0.6) is 0 Å². The van der Waals surface area contributed by atoms with Gasteiger partial charge in [-0.25, -0.2) is 4.98 Å². The maximum atomic E-state index is 13.7. The van der Waals surface area contributed by atoms with Gasteiger partial charge in [-0.15, -0.1) is 0 Å². The summed E-state index contributed by atoms with van der Waals surface area (Å²) in [6.45, 7) is 5.41. The molecule has 1 saturated heterocycles. The quantitative estimate of drug-likeness (QED) is 0.394. The molecule has 0 spiro atoms. The minimum atomic E-state index is -4.53. The number of aryl methyl sites for hydroxylation is 1. The Morgan fingerprint density at radius 2 is 1.85 bits per heavy atom. The number of piperazine rings is 1. The van der Waals surface area contributed by atoms with Gasteiger partial charge in [-0.05, 0) is 61.4 Å². The summed E-state index contributed by atoms with van der Waals surface area (Å²) in [7, 11) is 2.02. The van der Waals surface area contributed by atoms with Crippen LogP contribution in [-0.4, -0.2) is 63.3 Å². The summed E-state index contributed by atoms with van der Waals surface area (Å²) >= 11 is 0. The van der Waals surface area contributed by atoms with Crippen molar-refractivity contribution in [3.63, 3.8) is 0 Å². The van der Waals surface area contributed by atoms with Crippen LogP contribution in [0.1, 0.15) is 38.3 Å². The van der Waals surface area contributed by atoms with E-state index in [9.17, 15) is 18.0 Å². The van der Waals surface area contributed by atoms with Crippen LogP contribution in [-0.2, 0) is 12.7 Å². The van der Waals surface area contributed by atoms with E-state index in [1.165, 1.54) is 0 Å². The molecule has 5 rings (SSSR count). The third-order valence-corrected chi connectivity index (χ3v) is 6.71. The number of aromatic nitrogens is 3. The van der Waals surface area contributed by atoms with Crippen LogP contribution in [0.2, 0.25) is 0 Å². The fourth-order valence-electron chi connectivity index (χ4n) is 4.50. The molecule has 2 aromatic carbocycles. The molecule has 1 amide bonds. The summed E-state index contributed by atoms with van der Waals surface area (Å²) in [5, 5.41) is 2.68. The van der Waals surface area contributed by atoms with Gasteiger partial charge in [-0.2, -0.15) is 13.2 Å². The second-order valence-electron chi connectivity index (χ2n) is 9.68. The van der Waals surface area contributed by atoms with Crippen LogP contribution >= 0.6 is 0 Å². The third-order valence-electron chi connectivity index (χ3n) is 6.71. The molecule has 1 fully saturated rings. The van der Waals surface area contributed by atoms with Crippen molar-refractivity contribution < 1.29 is 18.0 Å². The van der Waals surface area contributed by atoms with Crippen LogP contribution in [0.3, 0.4) is 0 Å². The topological polar surface area (TPSA) is 65.8 Å². The van der Waals surface area contributed by atoms with Gasteiger partial charge in [0.05, 0.1) is 18.0 Å². The second kappa shape index (κ2) is 10.9. The highest BCUT2D eigenvalue weighted by Gasteiger charge is 2.31. The number of alkyl halides is 3. The molecule has 200 valence electrons. The Balaban J connectivity index is 1.38. The number of imidazole rings is 1. The predicted octanol–water partition coefficient (Wildman–Crippen LogP) is 4.46. The SMILES string of the molecule is Cc1ccc(C#Cc2cnc3cnccn23)cc1C(=O)Nc1cc(CN2CCN(C)CC2)cc(C(F)(F)F)c1. The van der Waals surface area contributed by atoms with Gasteiger partial charge in [0, 0.05) is 61.9 Å². The van der Waals surface area contributed by atoms with Crippen molar-refractivity contribution in [1.29, 1.82) is 0 Å². The molecule has 3 heterocycles. The largest absolute Gasteiger partial charge is 0.416 e. The monoisotopic (exact) mass is 532 g/mol. The number of hydrogen-bond donors (Lipinski definition) is 1. The van der Waals surface area contributed by atoms with Crippen LogP contribution < -0.4 is 5.32 Å². The number of benzene rings is 2. The van der Waals surface area contributed by atoms with Crippen molar-refractivity contribution in [2.45, 2.75) is 19.6 Å². The fourth-order valence-corrected chi connectivity index (χ4v) is 4.50. The van der Waals surface area contributed by atoms with Gasteiger partial charge in [0.2, 0.25) is 0 Å². The standard InChI is InChI=1S/C29H27F3N6O/c1-20-3-4-21(5-6-25-17-34-27-18-33-7-8-38(25)27)15-26(20)28(39)35-24-14-22(13-23(16-24)29(30,31)32)19-37-11-9-36(2)10-12-37/h3-4,7-8,13-18H,9-12,19H2,1-2H3,(H,35,39). The normalized spacial score (nSPS) is 14.7. The van der Waals surface area contributed by atoms with Crippen LogP contribution in [0.15, 0.2) is 61.2 Å². The Hall–Kier alpha value is -4.20. The third kappa shape index (κ3) is 6.28. The lowest BCUT2D eigenvalue weighted by atomic mass is 10.0. The molecule has 7 nitrogen and oxygen atoms in total.